The topological polar surface area (TPSA) is 111 Å². The predicted octanol–water partition coefficient (Wildman–Crippen LogP) is -1.44. The summed E-state index contributed by atoms with van der Waals surface area (Å²) in [5.74, 6) is -1.76. The van der Waals surface area contributed by atoms with Gasteiger partial charge in [-0.15, -0.1) is 0 Å². The fourth-order valence-electron chi connectivity index (χ4n) is 1.03. The van der Waals surface area contributed by atoms with Crippen molar-refractivity contribution in [2.24, 2.45) is 5.73 Å². The van der Waals surface area contributed by atoms with Gasteiger partial charge in [-0.05, 0) is 6.92 Å². The molecule has 0 saturated heterocycles. The number of nitrogens with two attached hydrogens (primary N) is 1. The first-order chi connectivity index (χ1) is 7.43. The van der Waals surface area contributed by atoms with Crippen LogP contribution in [-0.2, 0) is 19.1 Å². The Balaban J connectivity index is 4.40. The van der Waals surface area contributed by atoms with E-state index in [1.807, 2.05) is 0 Å². The second-order valence-electron chi connectivity index (χ2n) is 3.33. The van der Waals surface area contributed by atoms with Crippen molar-refractivity contribution in [1.29, 1.82) is 0 Å². The molecule has 94 valence electrons. The number of carboxylic acids is 1. The minimum absolute atomic E-state index is 0.0273. The quantitative estimate of drug-likeness (QED) is 0.497. The summed E-state index contributed by atoms with van der Waals surface area (Å²) in [6.07, 6.45) is -0.642. The van der Waals surface area contributed by atoms with Gasteiger partial charge in [0, 0.05) is 14.2 Å². The maximum Gasteiger partial charge on any atom is 0.328 e. The zero-order valence-corrected chi connectivity index (χ0v) is 9.60. The van der Waals surface area contributed by atoms with E-state index in [-0.39, 0.29) is 6.61 Å². The summed E-state index contributed by atoms with van der Waals surface area (Å²) in [6.45, 7) is 1.57. The maximum atomic E-state index is 11.4. The van der Waals surface area contributed by atoms with Crippen molar-refractivity contribution in [3.63, 3.8) is 0 Å². The van der Waals surface area contributed by atoms with Crippen LogP contribution in [0.4, 0.5) is 0 Å². The van der Waals surface area contributed by atoms with Crippen LogP contribution in [-0.4, -0.2) is 56.0 Å². The van der Waals surface area contributed by atoms with E-state index >= 15 is 0 Å². The highest BCUT2D eigenvalue weighted by atomic mass is 16.5. The summed E-state index contributed by atoms with van der Waals surface area (Å²) in [4.78, 5) is 22.3. The molecule has 0 aliphatic carbocycles. The first-order valence-electron chi connectivity index (χ1n) is 4.74. The van der Waals surface area contributed by atoms with Crippen LogP contribution in [0.15, 0.2) is 0 Å². The highest BCUT2D eigenvalue weighted by Crippen LogP contribution is 1.98. The van der Waals surface area contributed by atoms with E-state index < -0.39 is 30.1 Å². The molecular weight excluding hydrogens is 216 g/mol. The Morgan fingerprint density at radius 2 is 2.00 bits per heavy atom. The minimum Gasteiger partial charge on any atom is -0.480 e. The molecule has 0 heterocycles. The second-order valence-corrected chi connectivity index (χ2v) is 3.33. The normalized spacial score (nSPS) is 16.2. The lowest BCUT2D eigenvalue weighted by molar-refractivity contribution is -0.145. The largest absolute Gasteiger partial charge is 0.480 e. The van der Waals surface area contributed by atoms with Crippen LogP contribution in [0.25, 0.3) is 0 Å². The summed E-state index contributed by atoms with van der Waals surface area (Å²) < 4.78 is 9.54. The molecule has 0 aromatic carbocycles. The third kappa shape index (κ3) is 4.56. The van der Waals surface area contributed by atoms with Crippen LogP contribution < -0.4 is 11.1 Å². The number of nitrogens with one attached hydrogen (secondary N) is 1. The van der Waals surface area contributed by atoms with Crippen molar-refractivity contribution in [2.75, 3.05) is 20.8 Å². The van der Waals surface area contributed by atoms with Gasteiger partial charge in [0.25, 0.3) is 0 Å². The van der Waals surface area contributed by atoms with E-state index in [0.29, 0.717) is 0 Å². The van der Waals surface area contributed by atoms with Gasteiger partial charge in [-0.1, -0.05) is 0 Å². The fourth-order valence-corrected chi connectivity index (χ4v) is 1.03. The Hall–Kier alpha value is -1.18. The molecule has 4 N–H and O–H groups in total. The predicted molar refractivity (Wildman–Crippen MR) is 55.9 cm³/mol. The third-order valence-electron chi connectivity index (χ3n) is 2.09. The van der Waals surface area contributed by atoms with Crippen LogP contribution >= 0.6 is 0 Å². The fraction of sp³-hybridized carbons (Fsp3) is 0.778. The Morgan fingerprint density at radius 3 is 2.38 bits per heavy atom. The van der Waals surface area contributed by atoms with Gasteiger partial charge in [-0.2, -0.15) is 0 Å². The summed E-state index contributed by atoms with van der Waals surface area (Å²) in [5.41, 5.74) is 5.45. The zero-order valence-electron chi connectivity index (χ0n) is 9.60. The van der Waals surface area contributed by atoms with Crippen LogP contribution in [0, 0.1) is 0 Å². The van der Waals surface area contributed by atoms with Crippen LogP contribution in [0.3, 0.4) is 0 Å². The molecule has 0 fully saturated rings. The number of ether oxygens (including phenoxy) is 2. The van der Waals surface area contributed by atoms with Crippen molar-refractivity contribution in [1.82, 2.24) is 5.32 Å². The number of hydrogen-bond acceptors (Lipinski definition) is 5. The number of carbonyl (C=O) groups excluding carboxylic acids is 1. The molecule has 0 radical (unpaired) electrons. The second kappa shape index (κ2) is 7.15. The summed E-state index contributed by atoms with van der Waals surface area (Å²) >= 11 is 0. The van der Waals surface area contributed by atoms with Gasteiger partial charge in [-0.25, -0.2) is 4.79 Å². The van der Waals surface area contributed by atoms with Crippen molar-refractivity contribution >= 4 is 11.9 Å². The van der Waals surface area contributed by atoms with Crippen molar-refractivity contribution in [3.05, 3.63) is 0 Å². The molecule has 7 nitrogen and oxygen atoms in total. The number of carboxylic acid groups (broad SMARTS) is 1. The molecule has 0 saturated carbocycles. The highest BCUT2D eigenvalue weighted by molar-refractivity contribution is 5.87. The number of methoxy groups -OCH3 is 2. The molecule has 3 atom stereocenters. The highest BCUT2D eigenvalue weighted by Gasteiger charge is 2.28. The molecule has 0 rings (SSSR count). The average Bonchev–Trinajstić information content (AvgIpc) is 2.24. The molecule has 0 bridgehead atoms. The minimum atomic E-state index is -1.17. The Kier molecular flexibility index (Phi) is 6.63. The molecule has 1 amide bonds. The number of carbonyl (C=O) groups is 2. The van der Waals surface area contributed by atoms with Gasteiger partial charge in [0.05, 0.1) is 12.7 Å². The lowest BCUT2D eigenvalue weighted by Gasteiger charge is -2.21. The van der Waals surface area contributed by atoms with Gasteiger partial charge in [0.1, 0.15) is 6.04 Å². The van der Waals surface area contributed by atoms with Crippen LogP contribution in [0.1, 0.15) is 6.92 Å². The Bertz CT molecular complexity index is 246. The lowest BCUT2D eigenvalue weighted by atomic mass is 10.1. The van der Waals surface area contributed by atoms with Crippen LogP contribution in [0.2, 0.25) is 0 Å². The van der Waals surface area contributed by atoms with Crippen molar-refractivity contribution in [2.45, 2.75) is 25.1 Å². The lowest BCUT2D eigenvalue weighted by Crippen LogP contribution is -2.54. The Morgan fingerprint density at radius 1 is 1.44 bits per heavy atom. The van der Waals surface area contributed by atoms with E-state index in [2.05, 4.69) is 10.1 Å². The molecule has 0 aromatic heterocycles. The standard InChI is InChI=1S/C9H18N2O5/c1-5(16-3)7(9(13)14)11-8(12)6(10)4-15-2/h5-7H,4,10H2,1-3H3,(H,11,12)(H,13,14). The molecule has 0 spiro atoms. The zero-order chi connectivity index (χ0) is 12.7. The molecule has 0 aromatic rings. The first-order valence-corrected chi connectivity index (χ1v) is 4.74. The SMILES string of the molecule is COCC(N)C(=O)NC(C(=O)O)C(C)OC. The monoisotopic (exact) mass is 234 g/mol. The van der Waals surface area contributed by atoms with Crippen molar-refractivity contribution in [3.8, 4) is 0 Å². The van der Waals surface area contributed by atoms with Gasteiger partial charge in [0.2, 0.25) is 5.91 Å². The smallest absolute Gasteiger partial charge is 0.328 e. The molecular formula is C9H18N2O5. The molecule has 0 aliphatic rings. The van der Waals surface area contributed by atoms with Gasteiger partial charge < -0.3 is 25.6 Å². The van der Waals surface area contributed by atoms with Gasteiger partial charge in [-0.3, -0.25) is 4.79 Å². The molecule has 16 heavy (non-hydrogen) atoms. The first kappa shape index (κ1) is 14.8. The Labute approximate surface area is 93.9 Å². The van der Waals surface area contributed by atoms with E-state index in [9.17, 15) is 9.59 Å². The number of amides is 1. The maximum absolute atomic E-state index is 11.4. The third-order valence-corrected chi connectivity index (χ3v) is 2.09. The summed E-state index contributed by atoms with van der Waals surface area (Å²) in [5, 5.41) is 11.2. The number of hydrogen-bond donors (Lipinski definition) is 3. The van der Waals surface area contributed by atoms with Gasteiger partial charge >= 0.3 is 5.97 Å². The molecule has 0 aliphatic heterocycles. The summed E-state index contributed by atoms with van der Waals surface area (Å²) in [6, 6.07) is -2.02. The molecule has 7 heteroatoms. The number of aliphatic carboxylic acids is 1. The van der Waals surface area contributed by atoms with E-state index in [1.54, 1.807) is 6.92 Å². The van der Waals surface area contributed by atoms with Crippen LogP contribution in [0.5, 0.6) is 0 Å². The van der Waals surface area contributed by atoms with Gasteiger partial charge in [0.15, 0.2) is 6.04 Å². The summed E-state index contributed by atoms with van der Waals surface area (Å²) in [7, 11) is 2.77. The van der Waals surface area contributed by atoms with E-state index in [4.69, 9.17) is 15.6 Å². The van der Waals surface area contributed by atoms with E-state index in [0.717, 1.165) is 0 Å². The average molecular weight is 234 g/mol. The number of rotatable bonds is 7. The van der Waals surface area contributed by atoms with Crippen molar-refractivity contribution < 1.29 is 24.2 Å². The van der Waals surface area contributed by atoms with E-state index in [1.165, 1.54) is 14.2 Å². The molecule has 3 unspecified atom stereocenters.